The summed E-state index contributed by atoms with van der Waals surface area (Å²) in [5, 5.41) is 5.75. The molecular formula is C19H31N3O3. The molecule has 2 N–H and O–H groups in total. The number of hydrogen-bond donors (Lipinski definition) is 2. The highest BCUT2D eigenvalue weighted by Crippen LogP contribution is 2.15. The molecule has 1 aliphatic heterocycles. The minimum atomic E-state index is -0.192. The summed E-state index contributed by atoms with van der Waals surface area (Å²) in [7, 11) is 3.98. The third-order valence-electron chi connectivity index (χ3n) is 4.47. The van der Waals surface area contributed by atoms with Crippen LogP contribution in [-0.2, 0) is 16.1 Å². The number of carbonyl (C=O) groups is 1. The zero-order chi connectivity index (χ0) is 18.1. The van der Waals surface area contributed by atoms with Gasteiger partial charge in [-0.25, -0.2) is 4.79 Å². The molecule has 2 amide bonds. The fourth-order valence-corrected chi connectivity index (χ4v) is 2.58. The quantitative estimate of drug-likeness (QED) is 0.757. The average molecular weight is 349 g/mol. The first kappa shape index (κ1) is 19.7. The summed E-state index contributed by atoms with van der Waals surface area (Å²) in [6.45, 7) is 4.65. The molecule has 1 aliphatic rings. The van der Waals surface area contributed by atoms with Crippen LogP contribution in [0.5, 0.6) is 0 Å². The number of amides is 2. The zero-order valence-electron chi connectivity index (χ0n) is 15.6. The Labute approximate surface area is 150 Å². The summed E-state index contributed by atoms with van der Waals surface area (Å²) < 4.78 is 11.4. The molecular weight excluding hydrogens is 318 g/mol. The number of nitrogens with one attached hydrogen (secondary N) is 2. The van der Waals surface area contributed by atoms with Gasteiger partial charge in [0, 0.05) is 24.9 Å². The van der Waals surface area contributed by atoms with Crippen molar-refractivity contribution < 1.29 is 14.3 Å². The zero-order valence-corrected chi connectivity index (χ0v) is 15.6. The number of rotatable bonds is 8. The Kier molecular flexibility index (Phi) is 8.18. The number of anilines is 1. The minimum Gasteiger partial charge on any atom is -0.376 e. The van der Waals surface area contributed by atoms with Crippen molar-refractivity contribution >= 4 is 11.7 Å². The molecule has 0 bridgehead atoms. The molecule has 1 saturated heterocycles. The lowest BCUT2D eigenvalue weighted by Gasteiger charge is -2.22. The second-order valence-electron chi connectivity index (χ2n) is 6.85. The number of urea groups is 1. The van der Waals surface area contributed by atoms with Gasteiger partial charge >= 0.3 is 6.03 Å². The molecule has 1 aromatic rings. The monoisotopic (exact) mass is 349 g/mol. The predicted octanol–water partition coefficient (Wildman–Crippen LogP) is 2.84. The predicted molar refractivity (Wildman–Crippen MR) is 99.9 cm³/mol. The molecule has 1 aromatic carbocycles. The lowest BCUT2D eigenvalue weighted by Crippen LogP contribution is -2.40. The number of nitrogens with zero attached hydrogens (tertiary/aromatic N) is 1. The van der Waals surface area contributed by atoms with Crippen LogP contribution in [0.25, 0.3) is 0 Å². The fourth-order valence-electron chi connectivity index (χ4n) is 2.58. The van der Waals surface area contributed by atoms with Crippen LogP contribution in [0, 0.1) is 0 Å². The first-order chi connectivity index (χ1) is 12.0. The molecule has 0 radical (unpaired) electrons. The van der Waals surface area contributed by atoms with Crippen LogP contribution in [0.2, 0.25) is 0 Å². The van der Waals surface area contributed by atoms with E-state index in [1.807, 2.05) is 38.4 Å². The molecule has 0 spiro atoms. The number of benzene rings is 1. The second-order valence-corrected chi connectivity index (χ2v) is 6.85. The highest BCUT2D eigenvalue weighted by atomic mass is 16.5. The molecule has 6 nitrogen and oxygen atoms in total. The van der Waals surface area contributed by atoms with Crippen molar-refractivity contribution in [3.05, 3.63) is 29.8 Å². The summed E-state index contributed by atoms with van der Waals surface area (Å²) in [5.41, 5.74) is 1.81. The second kappa shape index (κ2) is 10.4. The molecule has 0 aliphatic carbocycles. The molecule has 2 rings (SSSR count). The van der Waals surface area contributed by atoms with E-state index < -0.39 is 0 Å². The summed E-state index contributed by atoms with van der Waals surface area (Å²) in [6, 6.07) is 7.83. The van der Waals surface area contributed by atoms with E-state index in [0.717, 1.165) is 30.7 Å². The van der Waals surface area contributed by atoms with E-state index >= 15 is 0 Å². The summed E-state index contributed by atoms with van der Waals surface area (Å²) in [6.07, 6.45) is 3.67. The highest BCUT2D eigenvalue weighted by Gasteiger charge is 2.13. The van der Waals surface area contributed by atoms with E-state index in [1.165, 1.54) is 6.42 Å². The van der Waals surface area contributed by atoms with Crippen molar-refractivity contribution in [3.8, 4) is 0 Å². The Morgan fingerprint density at radius 1 is 1.40 bits per heavy atom. The van der Waals surface area contributed by atoms with Gasteiger partial charge in [-0.2, -0.15) is 0 Å². The van der Waals surface area contributed by atoms with Crippen LogP contribution in [0.4, 0.5) is 10.5 Å². The van der Waals surface area contributed by atoms with Gasteiger partial charge in [-0.15, -0.1) is 0 Å². The van der Waals surface area contributed by atoms with Crippen molar-refractivity contribution in [1.29, 1.82) is 0 Å². The Bertz CT molecular complexity index is 530. The van der Waals surface area contributed by atoms with Gasteiger partial charge in [0.05, 0.1) is 19.3 Å². The maximum atomic E-state index is 12.0. The number of carbonyl (C=O) groups excluding carboxylic acids is 1. The van der Waals surface area contributed by atoms with Crippen molar-refractivity contribution in [2.75, 3.05) is 39.2 Å². The molecule has 140 valence electrons. The largest absolute Gasteiger partial charge is 0.376 e. The number of hydrogen-bond acceptors (Lipinski definition) is 4. The van der Waals surface area contributed by atoms with Gasteiger partial charge in [-0.3, -0.25) is 0 Å². The minimum absolute atomic E-state index is 0.192. The SMILES string of the molecule is C[C@@H](CNC(=O)Nc1cccc(COC[C@H]2CCCCO2)c1)N(C)C. The molecule has 6 heteroatoms. The molecule has 0 saturated carbocycles. The summed E-state index contributed by atoms with van der Waals surface area (Å²) in [5.74, 6) is 0. The van der Waals surface area contributed by atoms with E-state index in [-0.39, 0.29) is 18.2 Å². The van der Waals surface area contributed by atoms with Gasteiger partial charge in [0.1, 0.15) is 0 Å². The van der Waals surface area contributed by atoms with Gasteiger partial charge in [0.2, 0.25) is 0 Å². The molecule has 0 aromatic heterocycles. The molecule has 1 heterocycles. The van der Waals surface area contributed by atoms with Crippen LogP contribution in [0.15, 0.2) is 24.3 Å². The van der Waals surface area contributed by atoms with Crippen molar-refractivity contribution in [1.82, 2.24) is 10.2 Å². The Balaban J connectivity index is 1.73. The summed E-state index contributed by atoms with van der Waals surface area (Å²) in [4.78, 5) is 14.0. The lowest BCUT2D eigenvalue weighted by molar-refractivity contribution is -0.0447. The van der Waals surface area contributed by atoms with Crippen LogP contribution in [0.1, 0.15) is 31.7 Å². The van der Waals surface area contributed by atoms with Gasteiger partial charge < -0.3 is 25.0 Å². The van der Waals surface area contributed by atoms with Crippen LogP contribution < -0.4 is 10.6 Å². The van der Waals surface area contributed by atoms with Gasteiger partial charge in [-0.1, -0.05) is 12.1 Å². The average Bonchev–Trinajstić information content (AvgIpc) is 2.61. The molecule has 25 heavy (non-hydrogen) atoms. The normalized spacial score (nSPS) is 18.8. The highest BCUT2D eigenvalue weighted by molar-refractivity contribution is 5.89. The third kappa shape index (κ3) is 7.42. The van der Waals surface area contributed by atoms with E-state index in [0.29, 0.717) is 19.8 Å². The van der Waals surface area contributed by atoms with E-state index in [9.17, 15) is 4.79 Å². The molecule has 2 atom stereocenters. The van der Waals surface area contributed by atoms with Crippen molar-refractivity contribution in [2.45, 2.75) is 44.9 Å². The smallest absolute Gasteiger partial charge is 0.319 e. The van der Waals surface area contributed by atoms with Crippen molar-refractivity contribution in [2.24, 2.45) is 0 Å². The molecule has 1 fully saturated rings. The van der Waals surface area contributed by atoms with Gasteiger partial charge in [0.25, 0.3) is 0 Å². The van der Waals surface area contributed by atoms with Gasteiger partial charge in [0.15, 0.2) is 0 Å². The first-order valence-electron chi connectivity index (χ1n) is 9.04. The Hall–Kier alpha value is -1.63. The first-order valence-corrected chi connectivity index (χ1v) is 9.04. The summed E-state index contributed by atoms with van der Waals surface area (Å²) >= 11 is 0. The standard InChI is InChI=1S/C19H31N3O3/c1-15(22(2)3)12-20-19(23)21-17-8-6-7-16(11-17)13-24-14-18-9-4-5-10-25-18/h6-8,11,15,18H,4-5,9-10,12-14H2,1-3H3,(H2,20,21,23)/t15-,18+/m0/s1. The van der Waals surface area contributed by atoms with E-state index in [4.69, 9.17) is 9.47 Å². The van der Waals surface area contributed by atoms with E-state index in [2.05, 4.69) is 22.5 Å². The van der Waals surface area contributed by atoms with E-state index in [1.54, 1.807) is 0 Å². The topological polar surface area (TPSA) is 62.8 Å². The fraction of sp³-hybridized carbons (Fsp3) is 0.632. The van der Waals surface area contributed by atoms with Crippen LogP contribution in [-0.4, -0.2) is 56.9 Å². The van der Waals surface area contributed by atoms with Crippen LogP contribution >= 0.6 is 0 Å². The maximum absolute atomic E-state index is 12.0. The molecule has 0 unspecified atom stereocenters. The maximum Gasteiger partial charge on any atom is 0.319 e. The number of ether oxygens (including phenoxy) is 2. The Morgan fingerprint density at radius 3 is 2.96 bits per heavy atom. The van der Waals surface area contributed by atoms with Crippen LogP contribution in [0.3, 0.4) is 0 Å². The van der Waals surface area contributed by atoms with Crippen molar-refractivity contribution in [3.63, 3.8) is 0 Å². The lowest BCUT2D eigenvalue weighted by atomic mass is 10.1. The Morgan fingerprint density at radius 2 is 2.24 bits per heavy atom. The number of likely N-dealkylation sites (N-methyl/N-ethyl adjacent to an activating group) is 1. The van der Waals surface area contributed by atoms with Gasteiger partial charge in [-0.05, 0) is 58.0 Å². The third-order valence-corrected chi connectivity index (χ3v) is 4.47.